The molecule has 3 rings (SSSR count). The quantitative estimate of drug-likeness (QED) is 0.777. The summed E-state index contributed by atoms with van der Waals surface area (Å²) in [4.78, 5) is 27.1. The summed E-state index contributed by atoms with van der Waals surface area (Å²) in [5, 5.41) is 0. The number of carbonyl (C=O) groups is 2. The fourth-order valence-corrected chi connectivity index (χ4v) is 4.62. The number of likely N-dealkylation sites (tertiary alicyclic amines) is 1. The first-order valence-corrected chi connectivity index (χ1v) is 8.51. The van der Waals surface area contributed by atoms with E-state index in [2.05, 4.69) is 11.8 Å². The highest BCUT2D eigenvalue weighted by atomic mass is 16.2. The van der Waals surface area contributed by atoms with E-state index in [9.17, 15) is 9.59 Å². The van der Waals surface area contributed by atoms with Crippen molar-refractivity contribution in [2.75, 3.05) is 6.54 Å². The van der Waals surface area contributed by atoms with E-state index in [1.165, 1.54) is 19.3 Å². The minimum atomic E-state index is 0.149. The zero-order chi connectivity index (χ0) is 14.1. The van der Waals surface area contributed by atoms with Gasteiger partial charge >= 0.3 is 0 Å². The van der Waals surface area contributed by atoms with Gasteiger partial charge in [-0.05, 0) is 50.9 Å². The number of rotatable bonds is 2. The molecule has 0 aromatic rings. The summed E-state index contributed by atoms with van der Waals surface area (Å²) in [6, 6.07) is 0.221. The molecule has 3 aliphatic rings. The molecule has 0 aromatic heterocycles. The average Bonchev–Trinajstić information content (AvgIpc) is 3.06. The predicted molar refractivity (Wildman–Crippen MR) is 78.2 cm³/mol. The van der Waals surface area contributed by atoms with Crippen LogP contribution in [0.4, 0.5) is 0 Å². The molecule has 3 heteroatoms. The van der Waals surface area contributed by atoms with Crippen LogP contribution in [-0.4, -0.2) is 29.2 Å². The van der Waals surface area contributed by atoms with E-state index in [1.54, 1.807) is 0 Å². The van der Waals surface area contributed by atoms with Gasteiger partial charge in [0.2, 0.25) is 5.91 Å². The van der Waals surface area contributed by atoms with Crippen LogP contribution in [0.15, 0.2) is 0 Å². The minimum absolute atomic E-state index is 0.149. The molecule has 3 fully saturated rings. The summed E-state index contributed by atoms with van der Waals surface area (Å²) < 4.78 is 0. The Morgan fingerprint density at radius 1 is 1.05 bits per heavy atom. The molecule has 1 saturated heterocycles. The van der Waals surface area contributed by atoms with Crippen LogP contribution < -0.4 is 0 Å². The first kappa shape index (κ1) is 14.1. The Morgan fingerprint density at radius 2 is 1.90 bits per heavy atom. The van der Waals surface area contributed by atoms with E-state index in [4.69, 9.17) is 0 Å². The maximum Gasteiger partial charge on any atom is 0.226 e. The Labute approximate surface area is 122 Å². The molecule has 0 bridgehead atoms. The molecule has 2 aliphatic carbocycles. The van der Waals surface area contributed by atoms with E-state index >= 15 is 0 Å². The molecule has 2 saturated carbocycles. The molecular weight excluding hydrogens is 250 g/mol. The van der Waals surface area contributed by atoms with Gasteiger partial charge in [-0.15, -0.1) is 0 Å². The number of Topliss-reactive ketones (excluding diaryl/α,β-unsaturated/α-hetero) is 1. The van der Waals surface area contributed by atoms with Gasteiger partial charge < -0.3 is 4.90 Å². The standard InChI is InChI=1S/C17H27NO2/c1-12-6-4-7-13(12)17(20)18-11-3-2-9-15(18)14-8-5-10-16(14)19/h12-15H,2-11H2,1H3. The third kappa shape index (κ3) is 2.51. The highest BCUT2D eigenvalue weighted by Crippen LogP contribution is 2.37. The fourth-order valence-electron chi connectivity index (χ4n) is 4.62. The molecule has 4 atom stereocenters. The molecule has 0 aromatic carbocycles. The maximum atomic E-state index is 12.9. The molecule has 1 amide bonds. The van der Waals surface area contributed by atoms with Gasteiger partial charge in [0.15, 0.2) is 0 Å². The first-order valence-electron chi connectivity index (χ1n) is 8.51. The summed E-state index contributed by atoms with van der Waals surface area (Å²) >= 11 is 0. The molecule has 0 spiro atoms. The predicted octanol–water partition coefficient (Wildman–Crippen LogP) is 3.17. The van der Waals surface area contributed by atoms with E-state index in [1.807, 2.05) is 0 Å². The van der Waals surface area contributed by atoms with Gasteiger partial charge in [-0.3, -0.25) is 9.59 Å². The van der Waals surface area contributed by atoms with Crippen LogP contribution in [0.3, 0.4) is 0 Å². The number of hydrogen-bond acceptors (Lipinski definition) is 2. The van der Waals surface area contributed by atoms with Crippen molar-refractivity contribution in [2.45, 2.75) is 70.8 Å². The number of amides is 1. The Bertz CT molecular complexity index is 392. The van der Waals surface area contributed by atoms with Gasteiger partial charge in [-0.25, -0.2) is 0 Å². The molecule has 20 heavy (non-hydrogen) atoms. The molecule has 1 aliphatic heterocycles. The van der Waals surface area contributed by atoms with Crippen molar-refractivity contribution in [1.29, 1.82) is 0 Å². The third-order valence-corrected chi connectivity index (χ3v) is 5.83. The molecular formula is C17H27NO2. The lowest BCUT2D eigenvalue weighted by Crippen LogP contribution is -2.50. The molecule has 4 unspecified atom stereocenters. The minimum Gasteiger partial charge on any atom is -0.339 e. The van der Waals surface area contributed by atoms with Gasteiger partial charge in [-0.1, -0.05) is 13.3 Å². The van der Waals surface area contributed by atoms with Crippen molar-refractivity contribution < 1.29 is 9.59 Å². The van der Waals surface area contributed by atoms with Crippen LogP contribution in [0.5, 0.6) is 0 Å². The number of hydrogen-bond donors (Lipinski definition) is 0. The lowest BCUT2D eigenvalue weighted by Gasteiger charge is -2.40. The molecule has 112 valence electrons. The number of carbonyl (C=O) groups excluding carboxylic acids is 2. The van der Waals surface area contributed by atoms with Crippen molar-refractivity contribution in [3.63, 3.8) is 0 Å². The number of ketones is 1. The van der Waals surface area contributed by atoms with Crippen molar-refractivity contribution in [3.05, 3.63) is 0 Å². The second-order valence-electron chi connectivity index (χ2n) is 7.07. The number of piperidine rings is 1. The van der Waals surface area contributed by atoms with Gasteiger partial charge in [0.05, 0.1) is 0 Å². The second kappa shape index (κ2) is 5.87. The third-order valence-electron chi connectivity index (χ3n) is 5.83. The highest BCUT2D eigenvalue weighted by molar-refractivity contribution is 5.85. The lowest BCUT2D eigenvalue weighted by atomic mass is 9.86. The Hall–Kier alpha value is -0.860. The monoisotopic (exact) mass is 277 g/mol. The summed E-state index contributed by atoms with van der Waals surface area (Å²) in [6.45, 7) is 3.10. The zero-order valence-corrected chi connectivity index (χ0v) is 12.6. The van der Waals surface area contributed by atoms with Crippen LogP contribution in [0, 0.1) is 17.8 Å². The summed E-state index contributed by atoms with van der Waals surface area (Å²) in [7, 11) is 0. The molecule has 1 heterocycles. The Morgan fingerprint density at radius 3 is 2.55 bits per heavy atom. The lowest BCUT2D eigenvalue weighted by molar-refractivity contribution is -0.142. The van der Waals surface area contributed by atoms with E-state index in [0.29, 0.717) is 17.6 Å². The van der Waals surface area contributed by atoms with Crippen LogP contribution in [0.1, 0.15) is 64.7 Å². The van der Waals surface area contributed by atoms with E-state index in [-0.39, 0.29) is 17.9 Å². The first-order chi connectivity index (χ1) is 9.68. The second-order valence-corrected chi connectivity index (χ2v) is 7.07. The van der Waals surface area contributed by atoms with Crippen molar-refractivity contribution in [3.8, 4) is 0 Å². The van der Waals surface area contributed by atoms with Crippen molar-refractivity contribution >= 4 is 11.7 Å². The van der Waals surface area contributed by atoms with Gasteiger partial charge in [0.25, 0.3) is 0 Å². The average molecular weight is 277 g/mol. The van der Waals surface area contributed by atoms with Crippen molar-refractivity contribution in [1.82, 2.24) is 4.90 Å². The van der Waals surface area contributed by atoms with Gasteiger partial charge in [-0.2, -0.15) is 0 Å². The number of nitrogens with zero attached hydrogens (tertiary/aromatic N) is 1. The van der Waals surface area contributed by atoms with E-state index in [0.717, 1.165) is 45.1 Å². The van der Waals surface area contributed by atoms with Crippen LogP contribution in [0.25, 0.3) is 0 Å². The van der Waals surface area contributed by atoms with Crippen LogP contribution >= 0.6 is 0 Å². The molecule has 0 radical (unpaired) electrons. The fraction of sp³-hybridized carbons (Fsp3) is 0.882. The summed E-state index contributed by atoms with van der Waals surface area (Å²) in [5.41, 5.74) is 0. The molecule has 0 N–H and O–H groups in total. The summed E-state index contributed by atoms with van der Waals surface area (Å²) in [6.07, 6.45) is 9.56. The van der Waals surface area contributed by atoms with Gasteiger partial charge in [0, 0.05) is 30.8 Å². The SMILES string of the molecule is CC1CCCC1C(=O)N1CCCCC1C1CCCC1=O. The van der Waals surface area contributed by atoms with Crippen LogP contribution in [0.2, 0.25) is 0 Å². The van der Waals surface area contributed by atoms with Gasteiger partial charge in [0.1, 0.15) is 5.78 Å². The normalized spacial score (nSPS) is 38.5. The smallest absolute Gasteiger partial charge is 0.226 e. The topological polar surface area (TPSA) is 37.4 Å². The van der Waals surface area contributed by atoms with Crippen molar-refractivity contribution in [2.24, 2.45) is 17.8 Å². The Kier molecular flexibility index (Phi) is 4.13. The molecule has 3 nitrogen and oxygen atoms in total. The summed E-state index contributed by atoms with van der Waals surface area (Å²) in [5.74, 6) is 1.68. The van der Waals surface area contributed by atoms with Crippen LogP contribution in [-0.2, 0) is 9.59 Å². The highest BCUT2D eigenvalue weighted by Gasteiger charge is 2.41. The Balaban J connectivity index is 1.74. The largest absolute Gasteiger partial charge is 0.339 e. The zero-order valence-electron chi connectivity index (χ0n) is 12.6. The maximum absolute atomic E-state index is 12.9. The van der Waals surface area contributed by atoms with E-state index < -0.39 is 0 Å².